The zero-order valence-electron chi connectivity index (χ0n) is 14.3. The van der Waals surface area contributed by atoms with E-state index in [1.54, 1.807) is 29.4 Å². The number of carbonyl (C=O) groups is 2. The first kappa shape index (κ1) is 17.5. The summed E-state index contributed by atoms with van der Waals surface area (Å²) in [5.41, 5.74) is 2.03. The summed E-state index contributed by atoms with van der Waals surface area (Å²) in [6.07, 6.45) is 1.58. The molecule has 2 heterocycles. The SMILES string of the molecule is O=C(c1ccc2nc[nH]c2c1)N1CCN(C(=O)c2c(F)cccc2Cl)CC1. The smallest absolute Gasteiger partial charge is 0.258 e. The maximum atomic E-state index is 14.0. The number of piperazine rings is 1. The molecule has 2 amide bonds. The highest BCUT2D eigenvalue weighted by Crippen LogP contribution is 2.22. The third-order valence-corrected chi connectivity index (χ3v) is 5.01. The van der Waals surface area contributed by atoms with Crippen LogP contribution in [-0.2, 0) is 0 Å². The number of fused-ring (bicyclic) bond motifs is 1. The van der Waals surface area contributed by atoms with Crippen LogP contribution in [-0.4, -0.2) is 57.8 Å². The van der Waals surface area contributed by atoms with Crippen LogP contribution in [0.2, 0.25) is 5.02 Å². The Labute approximate surface area is 159 Å². The normalized spacial score (nSPS) is 14.6. The second-order valence-electron chi connectivity index (χ2n) is 6.32. The lowest BCUT2D eigenvalue weighted by Gasteiger charge is -2.35. The molecule has 0 unspecified atom stereocenters. The van der Waals surface area contributed by atoms with Crippen molar-refractivity contribution in [3.63, 3.8) is 0 Å². The minimum Gasteiger partial charge on any atom is -0.345 e. The van der Waals surface area contributed by atoms with Crippen LogP contribution in [0.5, 0.6) is 0 Å². The zero-order chi connectivity index (χ0) is 19.0. The Hall–Kier alpha value is -2.93. The van der Waals surface area contributed by atoms with Gasteiger partial charge in [0.25, 0.3) is 11.8 Å². The number of amides is 2. The van der Waals surface area contributed by atoms with E-state index >= 15 is 0 Å². The van der Waals surface area contributed by atoms with Crippen LogP contribution in [0.25, 0.3) is 11.0 Å². The number of rotatable bonds is 2. The molecule has 4 rings (SSSR count). The van der Waals surface area contributed by atoms with Gasteiger partial charge in [0, 0.05) is 31.7 Å². The van der Waals surface area contributed by atoms with Gasteiger partial charge in [0.2, 0.25) is 0 Å². The molecule has 0 saturated carbocycles. The van der Waals surface area contributed by atoms with Crippen LogP contribution >= 0.6 is 11.6 Å². The van der Waals surface area contributed by atoms with Gasteiger partial charge in [-0.2, -0.15) is 0 Å². The number of hydrogen-bond donors (Lipinski definition) is 1. The van der Waals surface area contributed by atoms with Gasteiger partial charge >= 0.3 is 0 Å². The van der Waals surface area contributed by atoms with Gasteiger partial charge in [-0.25, -0.2) is 9.37 Å². The third-order valence-electron chi connectivity index (χ3n) is 4.70. The standard InChI is InChI=1S/C19H16ClFN4O2/c20-13-2-1-3-14(21)17(13)19(27)25-8-6-24(7-9-25)18(26)12-4-5-15-16(10-12)23-11-22-15/h1-5,10-11H,6-9H2,(H,22,23). The molecular formula is C19H16ClFN4O2. The molecular weight excluding hydrogens is 371 g/mol. The highest BCUT2D eigenvalue weighted by molar-refractivity contribution is 6.33. The first-order valence-electron chi connectivity index (χ1n) is 8.50. The van der Waals surface area contributed by atoms with Crippen molar-refractivity contribution in [2.45, 2.75) is 0 Å². The number of nitrogens with one attached hydrogen (secondary N) is 1. The first-order chi connectivity index (χ1) is 13.0. The highest BCUT2D eigenvalue weighted by atomic mass is 35.5. The van der Waals surface area contributed by atoms with Gasteiger partial charge in [0.1, 0.15) is 5.82 Å². The van der Waals surface area contributed by atoms with Crippen molar-refractivity contribution in [2.24, 2.45) is 0 Å². The molecule has 1 aliphatic heterocycles. The van der Waals surface area contributed by atoms with E-state index < -0.39 is 11.7 Å². The minimum atomic E-state index is -0.640. The molecule has 1 aromatic heterocycles. The average molecular weight is 387 g/mol. The lowest BCUT2D eigenvalue weighted by atomic mass is 10.1. The van der Waals surface area contributed by atoms with Gasteiger partial charge in [0.15, 0.2) is 0 Å². The number of aromatic nitrogens is 2. The molecule has 0 bridgehead atoms. The van der Waals surface area contributed by atoms with Crippen molar-refractivity contribution in [2.75, 3.05) is 26.2 Å². The quantitative estimate of drug-likeness (QED) is 0.736. The summed E-state index contributed by atoms with van der Waals surface area (Å²) < 4.78 is 14.0. The zero-order valence-corrected chi connectivity index (χ0v) is 15.0. The van der Waals surface area contributed by atoms with Crippen LogP contribution in [0.3, 0.4) is 0 Å². The van der Waals surface area contributed by atoms with Gasteiger partial charge in [-0.3, -0.25) is 9.59 Å². The third kappa shape index (κ3) is 3.26. The Balaban J connectivity index is 1.45. The number of aromatic amines is 1. The molecule has 27 heavy (non-hydrogen) atoms. The second kappa shape index (κ2) is 7.00. The molecule has 138 valence electrons. The molecule has 1 N–H and O–H groups in total. The molecule has 6 nitrogen and oxygen atoms in total. The van der Waals surface area contributed by atoms with Crippen LogP contribution in [0.15, 0.2) is 42.7 Å². The number of H-pyrrole nitrogens is 1. The fraction of sp³-hybridized carbons (Fsp3) is 0.211. The monoisotopic (exact) mass is 386 g/mol. The molecule has 3 aromatic rings. The van der Waals surface area contributed by atoms with E-state index in [-0.39, 0.29) is 16.5 Å². The van der Waals surface area contributed by atoms with Crippen molar-refractivity contribution in [1.29, 1.82) is 0 Å². The van der Waals surface area contributed by atoms with Crippen molar-refractivity contribution >= 4 is 34.4 Å². The van der Waals surface area contributed by atoms with E-state index in [1.807, 2.05) is 0 Å². The van der Waals surface area contributed by atoms with Crippen molar-refractivity contribution in [3.8, 4) is 0 Å². The Morgan fingerprint density at radius 3 is 2.44 bits per heavy atom. The van der Waals surface area contributed by atoms with E-state index in [1.165, 1.54) is 23.1 Å². The van der Waals surface area contributed by atoms with Crippen LogP contribution in [0, 0.1) is 5.82 Å². The predicted molar refractivity (Wildman–Crippen MR) is 99.3 cm³/mol. The van der Waals surface area contributed by atoms with E-state index in [0.717, 1.165) is 11.0 Å². The van der Waals surface area contributed by atoms with E-state index in [9.17, 15) is 14.0 Å². The molecule has 0 radical (unpaired) electrons. The summed E-state index contributed by atoms with van der Waals surface area (Å²) in [7, 11) is 0. The molecule has 8 heteroatoms. The maximum absolute atomic E-state index is 14.0. The van der Waals surface area contributed by atoms with Gasteiger partial charge in [-0.15, -0.1) is 0 Å². The summed E-state index contributed by atoms with van der Waals surface area (Å²) in [4.78, 5) is 35.6. The molecule has 2 aromatic carbocycles. The van der Waals surface area contributed by atoms with Crippen LogP contribution < -0.4 is 0 Å². The number of benzene rings is 2. The van der Waals surface area contributed by atoms with E-state index in [4.69, 9.17) is 11.6 Å². The molecule has 1 aliphatic rings. The lowest BCUT2D eigenvalue weighted by molar-refractivity contribution is 0.0533. The Morgan fingerprint density at radius 1 is 1.04 bits per heavy atom. The largest absolute Gasteiger partial charge is 0.345 e. The Morgan fingerprint density at radius 2 is 1.74 bits per heavy atom. The Kier molecular flexibility index (Phi) is 4.53. The number of halogens is 2. The Bertz CT molecular complexity index is 1010. The van der Waals surface area contributed by atoms with Gasteiger partial charge in [-0.05, 0) is 30.3 Å². The van der Waals surface area contributed by atoms with Gasteiger partial charge in [0.05, 0.1) is 27.9 Å². The summed E-state index contributed by atoms with van der Waals surface area (Å²) >= 11 is 5.98. The van der Waals surface area contributed by atoms with Crippen molar-refractivity contribution in [1.82, 2.24) is 19.8 Å². The van der Waals surface area contributed by atoms with Crippen molar-refractivity contribution in [3.05, 3.63) is 64.7 Å². The fourth-order valence-corrected chi connectivity index (χ4v) is 3.47. The summed E-state index contributed by atoms with van der Waals surface area (Å²) in [5, 5.41) is 0.0892. The molecule has 1 saturated heterocycles. The predicted octanol–water partition coefficient (Wildman–Crippen LogP) is 2.95. The van der Waals surface area contributed by atoms with E-state index in [0.29, 0.717) is 31.7 Å². The first-order valence-corrected chi connectivity index (χ1v) is 8.88. The highest BCUT2D eigenvalue weighted by Gasteiger charge is 2.28. The van der Waals surface area contributed by atoms with Crippen LogP contribution in [0.4, 0.5) is 4.39 Å². The summed E-state index contributed by atoms with van der Waals surface area (Å²) in [6.45, 7) is 1.39. The number of imidazole rings is 1. The summed E-state index contributed by atoms with van der Waals surface area (Å²) in [5.74, 6) is -1.20. The average Bonchev–Trinajstić information content (AvgIpc) is 3.15. The van der Waals surface area contributed by atoms with E-state index in [2.05, 4.69) is 9.97 Å². The second-order valence-corrected chi connectivity index (χ2v) is 6.72. The maximum Gasteiger partial charge on any atom is 0.258 e. The van der Waals surface area contributed by atoms with Gasteiger partial charge in [-0.1, -0.05) is 17.7 Å². The molecule has 0 atom stereocenters. The number of hydrogen-bond acceptors (Lipinski definition) is 3. The van der Waals surface area contributed by atoms with Gasteiger partial charge < -0.3 is 14.8 Å². The fourth-order valence-electron chi connectivity index (χ4n) is 3.22. The molecule has 0 spiro atoms. The molecule has 0 aliphatic carbocycles. The van der Waals surface area contributed by atoms with Crippen LogP contribution in [0.1, 0.15) is 20.7 Å². The number of carbonyl (C=O) groups excluding carboxylic acids is 2. The summed E-state index contributed by atoms with van der Waals surface area (Å²) in [6, 6.07) is 9.46. The molecule has 1 fully saturated rings. The topological polar surface area (TPSA) is 69.3 Å². The lowest BCUT2D eigenvalue weighted by Crippen LogP contribution is -2.50. The van der Waals surface area contributed by atoms with Crippen molar-refractivity contribution < 1.29 is 14.0 Å². The minimum absolute atomic E-state index is 0.0892. The number of nitrogens with zero attached hydrogens (tertiary/aromatic N) is 3.